The fraction of sp³-hybridized carbons (Fsp3) is 0.400. The van der Waals surface area contributed by atoms with Gasteiger partial charge in [-0.25, -0.2) is 0 Å². The van der Waals surface area contributed by atoms with Gasteiger partial charge in [-0.1, -0.05) is 0 Å². The molecule has 2 rings (SSSR count). The summed E-state index contributed by atoms with van der Waals surface area (Å²) in [7, 11) is 2.11. The van der Waals surface area contributed by atoms with E-state index in [9.17, 15) is 0 Å². The number of anilines is 3. The van der Waals surface area contributed by atoms with Crippen molar-refractivity contribution in [2.75, 3.05) is 36.1 Å². The lowest BCUT2D eigenvalue weighted by Gasteiger charge is -2.18. The molecule has 70 valence electrons. The third kappa shape index (κ3) is 1.54. The molecule has 0 spiro atoms. The number of fused-ring (bicyclic) bond motifs is 1. The number of nitrogens with two attached hydrogens (primary N) is 1. The summed E-state index contributed by atoms with van der Waals surface area (Å²) < 4.78 is 0. The van der Waals surface area contributed by atoms with Gasteiger partial charge in [0.2, 0.25) is 0 Å². The Hall–Kier alpha value is -1.38. The zero-order valence-electron chi connectivity index (χ0n) is 7.88. The predicted molar refractivity (Wildman–Crippen MR) is 57.2 cm³/mol. The topological polar surface area (TPSA) is 41.3 Å². The van der Waals surface area contributed by atoms with Crippen LogP contribution in [-0.2, 0) is 0 Å². The van der Waals surface area contributed by atoms with Gasteiger partial charge in [-0.2, -0.15) is 0 Å². The van der Waals surface area contributed by atoms with Crippen LogP contribution in [0.25, 0.3) is 0 Å². The molecular weight excluding hydrogens is 162 g/mol. The van der Waals surface area contributed by atoms with Crippen LogP contribution in [0.1, 0.15) is 6.42 Å². The Morgan fingerprint density at radius 1 is 1.46 bits per heavy atom. The summed E-state index contributed by atoms with van der Waals surface area (Å²) in [6, 6.07) is 6.02. The van der Waals surface area contributed by atoms with Gasteiger partial charge in [0.15, 0.2) is 0 Å². The third-order valence-corrected chi connectivity index (χ3v) is 2.42. The van der Waals surface area contributed by atoms with Crippen LogP contribution in [0.15, 0.2) is 18.2 Å². The maximum atomic E-state index is 5.72. The summed E-state index contributed by atoms with van der Waals surface area (Å²) in [5.74, 6) is 0. The number of rotatable bonds is 0. The van der Waals surface area contributed by atoms with E-state index in [1.165, 1.54) is 12.1 Å². The fourth-order valence-electron chi connectivity index (χ4n) is 1.69. The highest BCUT2D eigenvalue weighted by Gasteiger charge is 2.10. The quantitative estimate of drug-likeness (QED) is 0.590. The average Bonchev–Trinajstić information content (AvgIpc) is 2.28. The van der Waals surface area contributed by atoms with Crippen LogP contribution in [0.5, 0.6) is 0 Å². The Labute approximate surface area is 78.5 Å². The zero-order valence-corrected chi connectivity index (χ0v) is 7.88. The number of hydrogen-bond acceptors (Lipinski definition) is 3. The molecule has 13 heavy (non-hydrogen) atoms. The molecule has 0 aromatic heterocycles. The second kappa shape index (κ2) is 3.17. The highest BCUT2D eigenvalue weighted by Crippen LogP contribution is 2.28. The minimum absolute atomic E-state index is 0.821. The van der Waals surface area contributed by atoms with Crippen LogP contribution in [0.4, 0.5) is 17.1 Å². The minimum Gasteiger partial charge on any atom is -0.399 e. The van der Waals surface area contributed by atoms with Crippen LogP contribution in [0.3, 0.4) is 0 Å². The molecule has 1 heterocycles. The minimum atomic E-state index is 0.821. The molecule has 1 aromatic carbocycles. The molecule has 0 unspecified atom stereocenters. The largest absolute Gasteiger partial charge is 0.399 e. The van der Waals surface area contributed by atoms with Gasteiger partial charge in [-0.05, 0) is 24.6 Å². The maximum Gasteiger partial charge on any atom is 0.0600 e. The lowest BCUT2D eigenvalue weighted by molar-refractivity contribution is 0.837. The van der Waals surface area contributed by atoms with E-state index in [1.807, 2.05) is 12.1 Å². The van der Waals surface area contributed by atoms with Gasteiger partial charge in [0, 0.05) is 25.8 Å². The van der Waals surface area contributed by atoms with Crippen molar-refractivity contribution in [2.24, 2.45) is 0 Å². The number of nitrogens with zero attached hydrogens (tertiary/aromatic N) is 1. The molecule has 0 fully saturated rings. The van der Waals surface area contributed by atoms with E-state index in [0.29, 0.717) is 0 Å². The highest BCUT2D eigenvalue weighted by molar-refractivity contribution is 5.74. The van der Waals surface area contributed by atoms with Crippen molar-refractivity contribution in [2.45, 2.75) is 6.42 Å². The van der Waals surface area contributed by atoms with E-state index in [4.69, 9.17) is 5.73 Å². The van der Waals surface area contributed by atoms with Gasteiger partial charge < -0.3 is 16.0 Å². The van der Waals surface area contributed by atoms with E-state index in [0.717, 1.165) is 24.5 Å². The Bertz CT molecular complexity index is 309. The summed E-state index contributed by atoms with van der Waals surface area (Å²) in [4.78, 5) is 2.26. The van der Waals surface area contributed by atoms with Gasteiger partial charge in [-0.15, -0.1) is 0 Å². The first kappa shape index (κ1) is 8.23. The molecule has 1 aliphatic heterocycles. The van der Waals surface area contributed by atoms with Crippen LogP contribution in [-0.4, -0.2) is 20.1 Å². The summed E-state index contributed by atoms with van der Waals surface area (Å²) in [5, 5.41) is 3.37. The summed E-state index contributed by atoms with van der Waals surface area (Å²) in [5.41, 5.74) is 8.94. The molecule has 0 atom stereocenters. The lowest BCUT2D eigenvalue weighted by Crippen LogP contribution is -2.17. The normalized spacial score (nSPS) is 15.9. The summed E-state index contributed by atoms with van der Waals surface area (Å²) in [6.45, 7) is 2.13. The summed E-state index contributed by atoms with van der Waals surface area (Å²) >= 11 is 0. The number of hydrogen-bond donors (Lipinski definition) is 2. The van der Waals surface area contributed by atoms with Crippen LogP contribution >= 0.6 is 0 Å². The Kier molecular flexibility index (Phi) is 2.00. The van der Waals surface area contributed by atoms with E-state index < -0.39 is 0 Å². The monoisotopic (exact) mass is 177 g/mol. The highest BCUT2D eigenvalue weighted by atomic mass is 15.1. The van der Waals surface area contributed by atoms with Crippen molar-refractivity contribution >= 4 is 17.1 Å². The first-order valence-electron chi connectivity index (χ1n) is 4.62. The van der Waals surface area contributed by atoms with E-state index in [1.54, 1.807) is 0 Å². The smallest absolute Gasteiger partial charge is 0.0600 e. The standard InChI is InChI=1S/C10H15N3/c1-13-6-2-5-12-9-7-8(11)3-4-10(9)13/h3-4,7,12H,2,5-6,11H2,1H3. The molecule has 3 N–H and O–H groups in total. The van der Waals surface area contributed by atoms with Gasteiger partial charge in [0.05, 0.1) is 11.4 Å². The second-order valence-corrected chi connectivity index (χ2v) is 3.48. The Balaban J connectivity index is 2.42. The molecular formula is C10H15N3. The second-order valence-electron chi connectivity index (χ2n) is 3.48. The van der Waals surface area contributed by atoms with Crippen molar-refractivity contribution in [1.29, 1.82) is 0 Å². The van der Waals surface area contributed by atoms with Crippen molar-refractivity contribution in [3.05, 3.63) is 18.2 Å². The van der Waals surface area contributed by atoms with Gasteiger partial charge in [-0.3, -0.25) is 0 Å². The van der Waals surface area contributed by atoms with Crippen molar-refractivity contribution in [3.8, 4) is 0 Å². The van der Waals surface area contributed by atoms with Gasteiger partial charge in [0.1, 0.15) is 0 Å². The number of nitrogens with one attached hydrogen (secondary N) is 1. The Morgan fingerprint density at radius 2 is 2.31 bits per heavy atom. The van der Waals surface area contributed by atoms with Crippen LogP contribution in [0, 0.1) is 0 Å². The van der Waals surface area contributed by atoms with Crippen molar-refractivity contribution < 1.29 is 0 Å². The van der Waals surface area contributed by atoms with Crippen LogP contribution < -0.4 is 16.0 Å². The molecule has 0 radical (unpaired) electrons. The molecule has 1 aromatic rings. The van der Waals surface area contributed by atoms with Crippen LogP contribution in [0.2, 0.25) is 0 Å². The third-order valence-electron chi connectivity index (χ3n) is 2.42. The molecule has 0 aliphatic carbocycles. The van der Waals surface area contributed by atoms with E-state index >= 15 is 0 Å². The molecule has 0 bridgehead atoms. The average molecular weight is 177 g/mol. The number of nitrogen functional groups attached to an aromatic ring is 1. The predicted octanol–water partition coefficient (Wildman–Crippen LogP) is 1.52. The number of benzene rings is 1. The molecule has 3 heteroatoms. The van der Waals surface area contributed by atoms with E-state index in [-0.39, 0.29) is 0 Å². The van der Waals surface area contributed by atoms with Crippen molar-refractivity contribution in [1.82, 2.24) is 0 Å². The first-order valence-corrected chi connectivity index (χ1v) is 4.62. The molecule has 1 aliphatic rings. The fourth-order valence-corrected chi connectivity index (χ4v) is 1.69. The van der Waals surface area contributed by atoms with E-state index in [2.05, 4.69) is 23.3 Å². The Morgan fingerprint density at radius 3 is 3.15 bits per heavy atom. The molecule has 0 saturated heterocycles. The van der Waals surface area contributed by atoms with Gasteiger partial charge in [0.25, 0.3) is 0 Å². The zero-order chi connectivity index (χ0) is 9.26. The maximum absolute atomic E-state index is 5.72. The molecule has 3 nitrogen and oxygen atoms in total. The SMILES string of the molecule is CN1CCCNc2cc(N)ccc21. The van der Waals surface area contributed by atoms with Crippen molar-refractivity contribution in [3.63, 3.8) is 0 Å². The lowest BCUT2D eigenvalue weighted by atomic mass is 10.2. The summed E-state index contributed by atoms with van der Waals surface area (Å²) in [6.07, 6.45) is 1.17. The molecule has 0 amide bonds. The van der Waals surface area contributed by atoms with Gasteiger partial charge >= 0.3 is 0 Å². The molecule has 0 saturated carbocycles. The first-order chi connectivity index (χ1) is 6.27.